The van der Waals surface area contributed by atoms with Crippen LogP contribution in [-0.2, 0) is 4.79 Å². The van der Waals surface area contributed by atoms with Crippen LogP contribution in [-0.4, -0.2) is 38.9 Å². The number of ketones is 1. The molecule has 5 nitrogen and oxygen atoms in total. The highest BCUT2D eigenvalue weighted by Crippen LogP contribution is 2.31. The van der Waals surface area contributed by atoms with Crippen molar-refractivity contribution in [1.82, 2.24) is 5.32 Å². The van der Waals surface area contributed by atoms with E-state index in [0.29, 0.717) is 17.0 Å². The summed E-state index contributed by atoms with van der Waals surface area (Å²) in [7, 11) is 3.39. The normalized spacial score (nSPS) is 14.2. The number of anilines is 1. The van der Waals surface area contributed by atoms with Gasteiger partial charge in [0.05, 0.1) is 12.2 Å². The second-order valence-electron chi connectivity index (χ2n) is 3.88. The van der Waals surface area contributed by atoms with E-state index in [0.717, 1.165) is 0 Å². The molecule has 0 atom stereocenters. The fourth-order valence-corrected chi connectivity index (χ4v) is 1.71. The highest BCUT2D eigenvalue weighted by Gasteiger charge is 2.23. The molecule has 1 aliphatic rings. The van der Waals surface area contributed by atoms with Crippen molar-refractivity contribution in [2.75, 3.05) is 32.1 Å². The quantitative estimate of drug-likeness (QED) is 0.771. The Balaban J connectivity index is 2.35. The Hall–Kier alpha value is -1.88. The van der Waals surface area contributed by atoms with Crippen LogP contribution in [0.2, 0.25) is 0 Å². The maximum atomic E-state index is 11.7. The summed E-state index contributed by atoms with van der Waals surface area (Å²) in [6.45, 7) is 0.324. The van der Waals surface area contributed by atoms with Gasteiger partial charge in [0.2, 0.25) is 0 Å². The van der Waals surface area contributed by atoms with E-state index >= 15 is 0 Å². The lowest BCUT2D eigenvalue weighted by Gasteiger charge is -2.26. The van der Waals surface area contributed by atoms with Crippen LogP contribution in [0, 0.1) is 0 Å². The maximum Gasteiger partial charge on any atom is 0.264 e. The third kappa shape index (κ3) is 2.14. The molecule has 0 spiro atoms. The summed E-state index contributed by atoms with van der Waals surface area (Å²) in [5.41, 5.74) is 1.21. The molecule has 0 radical (unpaired) electrons. The number of Topliss-reactive ketones (excluding diaryl/α,β-unsaturated/α-hetero) is 1. The van der Waals surface area contributed by atoms with Gasteiger partial charge in [0.1, 0.15) is 5.75 Å². The summed E-state index contributed by atoms with van der Waals surface area (Å²) in [6, 6.07) is 5.12. The van der Waals surface area contributed by atoms with Crippen molar-refractivity contribution in [1.29, 1.82) is 0 Å². The summed E-state index contributed by atoms with van der Waals surface area (Å²) < 4.78 is 5.28. The molecule has 17 heavy (non-hydrogen) atoms. The molecule has 0 saturated heterocycles. The van der Waals surface area contributed by atoms with E-state index in [1.54, 1.807) is 32.3 Å². The summed E-state index contributed by atoms with van der Waals surface area (Å²) in [6.07, 6.45) is 0. The molecule has 0 aliphatic carbocycles. The van der Waals surface area contributed by atoms with Gasteiger partial charge in [0.25, 0.3) is 5.91 Å². The Kier molecular flexibility index (Phi) is 3.10. The summed E-state index contributed by atoms with van der Waals surface area (Å²) >= 11 is 0. The zero-order valence-electron chi connectivity index (χ0n) is 9.82. The van der Waals surface area contributed by atoms with E-state index in [1.807, 2.05) is 0 Å². The van der Waals surface area contributed by atoms with Crippen molar-refractivity contribution in [3.05, 3.63) is 23.8 Å². The zero-order valence-corrected chi connectivity index (χ0v) is 9.82. The predicted molar refractivity (Wildman–Crippen MR) is 63.6 cm³/mol. The van der Waals surface area contributed by atoms with Gasteiger partial charge in [-0.3, -0.25) is 9.59 Å². The summed E-state index contributed by atoms with van der Waals surface area (Å²) in [5, 5.41) is 2.80. The van der Waals surface area contributed by atoms with Crippen LogP contribution in [0.4, 0.5) is 5.69 Å². The van der Waals surface area contributed by atoms with Gasteiger partial charge in [-0.1, -0.05) is 0 Å². The molecule has 2 rings (SSSR count). The molecular weight excluding hydrogens is 220 g/mol. The first-order valence-electron chi connectivity index (χ1n) is 5.34. The molecular formula is C12H14N2O3. The lowest BCUT2D eigenvalue weighted by Crippen LogP contribution is -2.35. The topological polar surface area (TPSA) is 58.6 Å². The number of rotatable bonds is 3. The van der Waals surface area contributed by atoms with Crippen LogP contribution in [0.15, 0.2) is 18.2 Å². The Bertz CT molecular complexity index is 471. The van der Waals surface area contributed by atoms with Gasteiger partial charge in [0, 0.05) is 12.6 Å². The number of likely N-dealkylation sites (N-methyl/N-ethyl adjacent to an activating group) is 2. The van der Waals surface area contributed by atoms with Gasteiger partial charge in [-0.15, -0.1) is 0 Å². The number of hydrogen-bond donors (Lipinski definition) is 1. The molecule has 1 heterocycles. The van der Waals surface area contributed by atoms with Gasteiger partial charge in [0.15, 0.2) is 12.4 Å². The highest BCUT2D eigenvalue weighted by molar-refractivity contribution is 6.02. The summed E-state index contributed by atoms with van der Waals surface area (Å²) in [5.74, 6) is 0.505. The van der Waals surface area contributed by atoms with E-state index in [9.17, 15) is 9.59 Å². The second kappa shape index (κ2) is 4.55. The number of ether oxygens (including phenoxy) is 1. The number of amides is 1. The Morgan fingerprint density at radius 3 is 3.00 bits per heavy atom. The standard InChI is InChI=1S/C12H14N2O3/c1-13-6-10(15)8-3-4-11-9(5-8)14(2)12(16)7-17-11/h3-5,13H,6-7H2,1-2H3. The number of carbonyl (C=O) groups is 2. The van der Waals surface area contributed by atoms with E-state index in [4.69, 9.17) is 4.74 Å². The third-order valence-corrected chi connectivity index (χ3v) is 2.70. The Morgan fingerprint density at radius 1 is 1.53 bits per heavy atom. The van der Waals surface area contributed by atoms with E-state index in [-0.39, 0.29) is 24.8 Å². The highest BCUT2D eigenvalue weighted by atomic mass is 16.5. The lowest BCUT2D eigenvalue weighted by atomic mass is 10.1. The molecule has 0 unspecified atom stereocenters. The van der Waals surface area contributed by atoms with Crippen LogP contribution in [0.1, 0.15) is 10.4 Å². The molecule has 0 fully saturated rings. The first kappa shape index (κ1) is 11.6. The van der Waals surface area contributed by atoms with Gasteiger partial charge in [-0.05, 0) is 25.2 Å². The van der Waals surface area contributed by atoms with Crippen molar-refractivity contribution < 1.29 is 14.3 Å². The average molecular weight is 234 g/mol. The number of hydrogen-bond acceptors (Lipinski definition) is 4. The van der Waals surface area contributed by atoms with Crippen LogP contribution < -0.4 is 15.0 Å². The van der Waals surface area contributed by atoms with Crippen LogP contribution >= 0.6 is 0 Å². The largest absolute Gasteiger partial charge is 0.482 e. The predicted octanol–water partition coefficient (Wildman–Crippen LogP) is 0.444. The molecule has 0 bridgehead atoms. The molecule has 1 amide bonds. The fourth-order valence-electron chi connectivity index (χ4n) is 1.71. The van der Waals surface area contributed by atoms with Crippen molar-refractivity contribution in [2.24, 2.45) is 0 Å². The van der Waals surface area contributed by atoms with E-state index in [1.165, 1.54) is 4.90 Å². The lowest BCUT2D eigenvalue weighted by molar-refractivity contribution is -0.120. The van der Waals surface area contributed by atoms with Gasteiger partial charge in [-0.2, -0.15) is 0 Å². The first-order chi connectivity index (χ1) is 8.13. The molecule has 1 N–H and O–H groups in total. The Morgan fingerprint density at radius 2 is 2.29 bits per heavy atom. The number of nitrogens with one attached hydrogen (secondary N) is 1. The molecule has 0 saturated carbocycles. The van der Waals surface area contributed by atoms with Gasteiger partial charge in [-0.25, -0.2) is 0 Å². The summed E-state index contributed by atoms with van der Waals surface area (Å²) in [4.78, 5) is 24.7. The monoisotopic (exact) mass is 234 g/mol. The number of nitrogens with zero attached hydrogens (tertiary/aromatic N) is 1. The smallest absolute Gasteiger partial charge is 0.264 e. The Labute approximate surface area is 99.4 Å². The average Bonchev–Trinajstić information content (AvgIpc) is 2.34. The second-order valence-corrected chi connectivity index (χ2v) is 3.88. The van der Waals surface area contributed by atoms with Crippen molar-refractivity contribution in [3.63, 3.8) is 0 Å². The number of benzene rings is 1. The van der Waals surface area contributed by atoms with E-state index in [2.05, 4.69) is 5.32 Å². The van der Waals surface area contributed by atoms with E-state index < -0.39 is 0 Å². The van der Waals surface area contributed by atoms with Crippen LogP contribution in [0.3, 0.4) is 0 Å². The minimum atomic E-state index is -0.115. The maximum absolute atomic E-state index is 11.7. The number of fused-ring (bicyclic) bond motifs is 1. The SMILES string of the molecule is CNCC(=O)c1ccc2c(c1)N(C)C(=O)CO2. The first-order valence-corrected chi connectivity index (χ1v) is 5.34. The number of carbonyl (C=O) groups excluding carboxylic acids is 2. The van der Waals surface area contributed by atoms with Crippen molar-refractivity contribution in [2.45, 2.75) is 0 Å². The molecule has 1 aromatic rings. The molecule has 1 aliphatic heterocycles. The molecule has 5 heteroatoms. The third-order valence-electron chi connectivity index (χ3n) is 2.70. The minimum absolute atomic E-state index is 0.0123. The molecule has 90 valence electrons. The van der Waals surface area contributed by atoms with Gasteiger partial charge < -0.3 is 15.0 Å². The van der Waals surface area contributed by atoms with Crippen LogP contribution in [0.25, 0.3) is 0 Å². The fraction of sp³-hybridized carbons (Fsp3) is 0.333. The van der Waals surface area contributed by atoms with Crippen LogP contribution in [0.5, 0.6) is 5.75 Å². The van der Waals surface area contributed by atoms with Crippen molar-refractivity contribution >= 4 is 17.4 Å². The molecule has 1 aromatic carbocycles. The molecule has 0 aromatic heterocycles. The van der Waals surface area contributed by atoms with Crippen molar-refractivity contribution in [3.8, 4) is 5.75 Å². The minimum Gasteiger partial charge on any atom is -0.482 e. The zero-order chi connectivity index (χ0) is 12.4. The van der Waals surface area contributed by atoms with Gasteiger partial charge >= 0.3 is 0 Å².